The molecule has 1 aromatic heterocycles. The van der Waals surface area contributed by atoms with Gasteiger partial charge in [-0.05, 0) is 36.2 Å². The van der Waals surface area contributed by atoms with Gasteiger partial charge >= 0.3 is 0 Å². The molecule has 0 radical (unpaired) electrons. The van der Waals surface area contributed by atoms with Gasteiger partial charge in [0.2, 0.25) is 0 Å². The molecule has 3 heterocycles. The van der Waals surface area contributed by atoms with E-state index in [0.717, 1.165) is 34.6 Å². The van der Waals surface area contributed by atoms with Gasteiger partial charge in [0.25, 0.3) is 5.91 Å². The SMILES string of the molecule is Cc1c2c(cc(Cl)c1-c1ccc(F)c3sc(N)nc13)C(=O)N1CCNC[C@@H]1COC2. The number of aromatic nitrogens is 1. The number of carbonyl (C=O) groups is 1. The predicted octanol–water partition coefficient (Wildman–Crippen LogP) is 3.59. The average molecular weight is 447 g/mol. The number of halogens is 2. The van der Waals surface area contributed by atoms with Crippen molar-refractivity contribution in [2.45, 2.75) is 19.6 Å². The second kappa shape index (κ2) is 7.46. The highest BCUT2D eigenvalue weighted by molar-refractivity contribution is 7.22. The number of nitrogens with two attached hydrogens (primary N) is 1. The van der Waals surface area contributed by atoms with Gasteiger partial charge in [-0.1, -0.05) is 22.9 Å². The first kappa shape index (κ1) is 19.7. The van der Waals surface area contributed by atoms with Crippen LogP contribution in [0.5, 0.6) is 0 Å². The number of ether oxygens (including phenoxy) is 1. The van der Waals surface area contributed by atoms with E-state index in [9.17, 15) is 9.18 Å². The maximum atomic E-state index is 14.3. The summed E-state index contributed by atoms with van der Waals surface area (Å²) in [5, 5.41) is 4.02. The van der Waals surface area contributed by atoms with Crippen LogP contribution in [0.25, 0.3) is 21.3 Å². The largest absolute Gasteiger partial charge is 0.375 e. The topological polar surface area (TPSA) is 80.5 Å². The van der Waals surface area contributed by atoms with E-state index in [-0.39, 0.29) is 17.8 Å². The third kappa shape index (κ3) is 3.06. The number of amides is 1. The minimum atomic E-state index is -0.369. The minimum absolute atomic E-state index is 0.00728. The quantitative estimate of drug-likeness (QED) is 0.597. The Morgan fingerprint density at radius 1 is 1.40 bits per heavy atom. The number of nitrogen functional groups attached to an aromatic ring is 1. The molecular formula is C21H20ClFN4O2S. The lowest BCUT2D eigenvalue weighted by atomic mass is 9.91. The van der Waals surface area contributed by atoms with Crippen LogP contribution in [0.3, 0.4) is 0 Å². The number of piperazine rings is 1. The van der Waals surface area contributed by atoms with Crippen LogP contribution in [0.2, 0.25) is 5.02 Å². The van der Waals surface area contributed by atoms with Crippen LogP contribution in [0.15, 0.2) is 18.2 Å². The summed E-state index contributed by atoms with van der Waals surface area (Å²) in [4.78, 5) is 19.5. The van der Waals surface area contributed by atoms with Crippen LogP contribution in [-0.4, -0.2) is 48.1 Å². The molecule has 6 nitrogen and oxygen atoms in total. The smallest absolute Gasteiger partial charge is 0.254 e. The fourth-order valence-electron chi connectivity index (χ4n) is 4.35. The van der Waals surface area contributed by atoms with E-state index in [4.69, 9.17) is 22.1 Å². The van der Waals surface area contributed by atoms with Crippen molar-refractivity contribution in [2.24, 2.45) is 0 Å². The normalized spacial score (nSPS) is 19.4. The van der Waals surface area contributed by atoms with Crippen molar-refractivity contribution < 1.29 is 13.9 Å². The second-order valence-electron chi connectivity index (χ2n) is 7.58. The number of benzene rings is 2. The monoisotopic (exact) mass is 446 g/mol. The molecule has 0 unspecified atom stereocenters. The van der Waals surface area contributed by atoms with Crippen LogP contribution in [0.4, 0.5) is 9.52 Å². The molecular weight excluding hydrogens is 427 g/mol. The molecule has 1 fully saturated rings. The first-order valence-corrected chi connectivity index (χ1v) is 10.9. The number of nitrogens with zero attached hydrogens (tertiary/aromatic N) is 2. The zero-order valence-corrected chi connectivity index (χ0v) is 17.9. The molecule has 5 rings (SSSR count). The minimum Gasteiger partial charge on any atom is -0.375 e. The van der Waals surface area contributed by atoms with Crippen LogP contribution in [-0.2, 0) is 11.3 Å². The van der Waals surface area contributed by atoms with Crippen molar-refractivity contribution in [3.63, 3.8) is 0 Å². The highest BCUT2D eigenvalue weighted by Gasteiger charge is 2.32. The molecule has 2 aliphatic heterocycles. The molecule has 0 aliphatic carbocycles. The summed E-state index contributed by atoms with van der Waals surface area (Å²) in [6, 6.07) is 4.78. The summed E-state index contributed by atoms with van der Waals surface area (Å²) >= 11 is 7.81. The first-order chi connectivity index (χ1) is 14.5. The Balaban J connectivity index is 1.70. The summed E-state index contributed by atoms with van der Waals surface area (Å²) in [5.41, 5.74) is 9.93. The van der Waals surface area contributed by atoms with Crippen molar-refractivity contribution in [2.75, 3.05) is 32.0 Å². The second-order valence-corrected chi connectivity index (χ2v) is 9.02. The molecule has 0 spiro atoms. The van der Waals surface area contributed by atoms with Crippen molar-refractivity contribution in [3.05, 3.63) is 45.7 Å². The van der Waals surface area contributed by atoms with Gasteiger partial charge in [-0.2, -0.15) is 0 Å². The molecule has 0 saturated carbocycles. The molecule has 1 saturated heterocycles. The van der Waals surface area contributed by atoms with Gasteiger partial charge in [0.15, 0.2) is 5.13 Å². The number of nitrogens with one attached hydrogen (secondary N) is 1. The third-order valence-electron chi connectivity index (χ3n) is 5.84. The standard InChI is InChI=1S/C21H20ClFN4O2S/c1-10-14-9-29-8-11-7-25-4-5-27(11)20(28)13(14)6-15(22)17(10)12-2-3-16(23)19-18(12)26-21(24)30-19/h2-3,6,11,25H,4-5,7-9H2,1H3,(H2,24,26)/t11-/m1/s1. The fourth-order valence-corrected chi connectivity index (χ4v) is 5.46. The molecule has 3 aromatic rings. The molecule has 9 heteroatoms. The van der Waals surface area contributed by atoms with Gasteiger partial charge in [0.05, 0.1) is 29.5 Å². The van der Waals surface area contributed by atoms with Crippen LogP contribution < -0.4 is 11.1 Å². The Kier molecular flexibility index (Phi) is 4.89. The highest BCUT2D eigenvalue weighted by Crippen LogP contribution is 2.41. The lowest BCUT2D eigenvalue weighted by Crippen LogP contribution is -2.56. The van der Waals surface area contributed by atoms with E-state index in [1.807, 2.05) is 11.8 Å². The van der Waals surface area contributed by atoms with Crippen molar-refractivity contribution in [1.82, 2.24) is 15.2 Å². The Morgan fingerprint density at radius 3 is 3.07 bits per heavy atom. The third-order valence-corrected chi connectivity index (χ3v) is 7.03. The van der Waals surface area contributed by atoms with Gasteiger partial charge in [0.1, 0.15) is 5.82 Å². The van der Waals surface area contributed by atoms with Gasteiger partial charge in [-0.15, -0.1) is 0 Å². The molecule has 30 heavy (non-hydrogen) atoms. The Morgan fingerprint density at radius 2 is 2.23 bits per heavy atom. The highest BCUT2D eigenvalue weighted by atomic mass is 35.5. The molecule has 0 bridgehead atoms. The van der Waals surface area contributed by atoms with Crippen LogP contribution in [0, 0.1) is 12.7 Å². The van der Waals surface area contributed by atoms with Crippen molar-refractivity contribution in [3.8, 4) is 11.1 Å². The van der Waals surface area contributed by atoms with Gasteiger partial charge in [0, 0.05) is 41.3 Å². The van der Waals surface area contributed by atoms with E-state index < -0.39 is 0 Å². The van der Waals surface area contributed by atoms with Gasteiger partial charge in [-0.25, -0.2) is 9.37 Å². The number of rotatable bonds is 1. The molecule has 3 N–H and O–H groups in total. The van der Waals surface area contributed by atoms with E-state index >= 15 is 0 Å². The molecule has 2 aromatic carbocycles. The Labute approximate surface area is 181 Å². The maximum absolute atomic E-state index is 14.3. The van der Waals surface area contributed by atoms with E-state index in [1.54, 1.807) is 12.1 Å². The number of hydrogen-bond acceptors (Lipinski definition) is 6. The molecule has 156 valence electrons. The summed E-state index contributed by atoms with van der Waals surface area (Å²) in [7, 11) is 0. The van der Waals surface area contributed by atoms with Gasteiger partial charge < -0.3 is 20.7 Å². The summed E-state index contributed by atoms with van der Waals surface area (Å²) in [6.45, 7) is 4.79. The maximum Gasteiger partial charge on any atom is 0.254 e. The molecule has 1 atom stereocenters. The number of fused-ring (bicyclic) bond motifs is 3. The lowest BCUT2D eigenvalue weighted by molar-refractivity contribution is 0.0252. The lowest BCUT2D eigenvalue weighted by Gasteiger charge is -2.38. The number of thiazole rings is 1. The molecule has 2 aliphatic rings. The zero-order valence-electron chi connectivity index (χ0n) is 16.3. The fraction of sp³-hybridized carbons (Fsp3) is 0.333. The zero-order chi connectivity index (χ0) is 21.0. The van der Waals surface area contributed by atoms with Crippen LogP contribution in [0.1, 0.15) is 21.5 Å². The Bertz CT molecular complexity index is 1180. The van der Waals surface area contributed by atoms with E-state index in [1.165, 1.54) is 6.07 Å². The molecule has 1 amide bonds. The van der Waals surface area contributed by atoms with Gasteiger partial charge in [-0.3, -0.25) is 4.79 Å². The number of hydrogen-bond donors (Lipinski definition) is 2. The van der Waals surface area contributed by atoms with E-state index in [0.29, 0.717) is 57.8 Å². The predicted molar refractivity (Wildman–Crippen MR) is 117 cm³/mol. The van der Waals surface area contributed by atoms with Crippen molar-refractivity contribution >= 4 is 44.2 Å². The number of carbonyl (C=O) groups excluding carboxylic acids is 1. The average Bonchev–Trinajstić information content (AvgIpc) is 3.12. The Hall–Kier alpha value is -2.26. The summed E-state index contributed by atoms with van der Waals surface area (Å²) in [6.07, 6.45) is 0. The summed E-state index contributed by atoms with van der Waals surface area (Å²) in [5.74, 6) is -0.398. The summed E-state index contributed by atoms with van der Waals surface area (Å²) < 4.78 is 20.6. The van der Waals surface area contributed by atoms with Crippen LogP contribution >= 0.6 is 22.9 Å². The van der Waals surface area contributed by atoms with Crippen molar-refractivity contribution in [1.29, 1.82) is 0 Å². The first-order valence-electron chi connectivity index (χ1n) is 9.72. The number of anilines is 1. The van der Waals surface area contributed by atoms with E-state index in [2.05, 4.69) is 10.3 Å².